The molecule has 0 aliphatic rings. The molecule has 3 nitrogen and oxygen atoms in total. The quantitative estimate of drug-likeness (QED) is 0.847. The van der Waals surface area contributed by atoms with E-state index in [-0.39, 0.29) is 0 Å². The monoisotopic (exact) mass is 251 g/mol. The Kier molecular flexibility index (Phi) is 3.79. The molecule has 0 bridgehead atoms. The van der Waals surface area contributed by atoms with Gasteiger partial charge < -0.3 is 5.32 Å². The zero-order chi connectivity index (χ0) is 11.4. The van der Waals surface area contributed by atoms with Crippen LogP contribution in [0, 0.1) is 6.92 Å². The molecule has 84 valence electrons. The van der Waals surface area contributed by atoms with Crippen molar-refractivity contribution in [2.24, 2.45) is 0 Å². The van der Waals surface area contributed by atoms with Crippen LogP contribution in [-0.2, 0) is 5.75 Å². The van der Waals surface area contributed by atoms with Crippen molar-refractivity contribution >= 4 is 28.9 Å². The maximum Gasteiger partial charge on any atom is 0.150 e. The summed E-state index contributed by atoms with van der Waals surface area (Å²) in [5, 5.41) is 5.11. The molecule has 0 fully saturated rings. The zero-order valence-corrected chi connectivity index (χ0v) is 10.9. The second-order valence-corrected chi connectivity index (χ2v) is 5.39. The molecule has 16 heavy (non-hydrogen) atoms. The zero-order valence-electron chi connectivity index (χ0n) is 9.23. The van der Waals surface area contributed by atoms with Gasteiger partial charge in [0.25, 0.3) is 0 Å². The van der Waals surface area contributed by atoms with Crippen LogP contribution in [0.5, 0.6) is 0 Å². The van der Waals surface area contributed by atoms with E-state index in [0.717, 1.165) is 27.3 Å². The predicted octanol–water partition coefficient (Wildman–Crippen LogP) is 3.18. The van der Waals surface area contributed by atoms with Gasteiger partial charge in [0.1, 0.15) is 10.2 Å². The normalized spacial score (nSPS) is 10.4. The molecular weight excluding hydrogens is 238 g/mol. The molecule has 2 aromatic rings. The Bertz CT molecular complexity index is 468. The summed E-state index contributed by atoms with van der Waals surface area (Å²) in [5.74, 6) is 1.77. The van der Waals surface area contributed by atoms with Gasteiger partial charge >= 0.3 is 0 Å². The van der Waals surface area contributed by atoms with Gasteiger partial charge in [-0.15, -0.1) is 11.3 Å². The predicted molar refractivity (Wildman–Crippen MR) is 70.2 cm³/mol. The SMILES string of the molecule is CNc1cccc(CSc2nc(C)cs2)n1. The Morgan fingerprint density at radius 3 is 2.94 bits per heavy atom. The lowest BCUT2D eigenvalue weighted by Gasteiger charge is -2.02. The highest BCUT2D eigenvalue weighted by Gasteiger charge is 2.01. The summed E-state index contributed by atoms with van der Waals surface area (Å²) in [4.78, 5) is 8.86. The molecule has 2 heterocycles. The third-order valence-electron chi connectivity index (χ3n) is 2.00. The number of nitrogens with zero attached hydrogens (tertiary/aromatic N) is 2. The summed E-state index contributed by atoms with van der Waals surface area (Å²) < 4.78 is 1.11. The minimum Gasteiger partial charge on any atom is -0.373 e. The van der Waals surface area contributed by atoms with Gasteiger partial charge in [0.05, 0.1) is 5.69 Å². The molecule has 0 saturated heterocycles. The van der Waals surface area contributed by atoms with E-state index in [1.54, 1.807) is 23.1 Å². The summed E-state index contributed by atoms with van der Waals surface area (Å²) in [7, 11) is 1.88. The van der Waals surface area contributed by atoms with Crippen molar-refractivity contribution in [3.63, 3.8) is 0 Å². The molecule has 0 atom stereocenters. The third kappa shape index (κ3) is 2.96. The molecule has 0 unspecified atom stereocenters. The first-order valence-corrected chi connectivity index (χ1v) is 6.83. The van der Waals surface area contributed by atoms with E-state index >= 15 is 0 Å². The molecule has 2 rings (SSSR count). The minimum absolute atomic E-state index is 0.864. The van der Waals surface area contributed by atoms with Crippen LogP contribution < -0.4 is 5.32 Å². The average Bonchev–Trinajstić information content (AvgIpc) is 2.73. The van der Waals surface area contributed by atoms with Crippen LogP contribution in [0.2, 0.25) is 0 Å². The van der Waals surface area contributed by atoms with Gasteiger partial charge in [-0.2, -0.15) is 0 Å². The highest BCUT2D eigenvalue weighted by molar-refractivity contribution is 8.00. The molecule has 5 heteroatoms. The van der Waals surface area contributed by atoms with E-state index in [4.69, 9.17) is 0 Å². The standard InChI is InChI=1S/C11H13N3S2/c1-8-6-15-11(13-8)16-7-9-4-3-5-10(12-2)14-9/h3-6H,7H2,1-2H3,(H,12,14). The summed E-state index contributed by atoms with van der Waals surface area (Å²) in [6.45, 7) is 2.01. The van der Waals surface area contributed by atoms with E-state index in [1.165, 1.54) is 0 Å². The maximum absolute atomic E-state index is 4.46. The Labute approximate surface area is 103 Å². The number of anilines is 1. The number of aromatic nitrogens is 2. The molecule has 0 aliphatic carbocycles. The first-order valence-electron chi connectivity index (χ1n) is 4.96. The Morgan fingerprint density at radius 1 is 1.38 bits per heavy atom. The van der Waals surface area contributed by atoms with Crippen molar-refractivity contribution in [2.75, 3.05) is 12.4 Å². The van der Waals surface area contributed by atoms with Gasteiger partial charge in [0.2, 0.25) is 0 Å². The lowest BCUT2D eigenvalue weighted by Crippen LogP contribution is -1.94. The van der Waals surface area contributed by atoms with Crippen LogP contribution in [0.1, 0.15) is 11.4 Å². The Balaban J connectivity index is 1.99. The number of hydrogen-bond acceptors (Lipinski definition) is 5. The van der Waals surface area contributed by atoms with Crippen molar-refractivity contribution in [3.05, 3.63) is 35.0 Å². The number of rotatable bonds is 4. The molecule has 1 N–H and O–H groups in total. The van der Waals surface area contributed by atoms with Gasteiger partial charge in [-0.05, 0) is 19.1 Å². The Morgan fingerprint density at radius 2 is 2.25 bits per heavy atom. The van der Waals surface area contributed by atoms with Gasteiger partial charge in [0, 0.05) is 23.9 Å². The van der Waals surface area contributed by atoms with Gasteiger partial charge in [0.15, 0.2) is 0 Å². The number of aryl methyl sites for hydroxylation is 1. The molecule has 0 aromatic carbocycles. The molecule has 2 aromatic heterocycles. The first kappa shape index (κ1) is 11.4. The number of nitrogens with one attached hydrogen (secondary N) is 1. The number of hydrogen-bond donors (Lipinski definition) is 1. The summed E-state index contributed by atoms with van der Waals surface area (Å²) in [6, 6.07) is 6.01. The smallest absolute Gasteiger partial charge is 0.150 e. The first-order chi connectivity index (χ1) is 7.78. The van der Waals surface area contributed by atoms with E-state index in [2.05, 4.69) is 20.7 Å². The molecule has 0 radical (unpaired) electrons. The van der Waals surface area contributed by atoms with Crippen LogP contribution in [0.4, 0.5) is 5.82 Å². The highest BCUT2D eigenvalue weighted by Crippen LogP contribution is 2.25. The van der Waals surface area contributed by atoms with Crippen LogP contribution in [0.15, 0.2) is 27.9 Å². The number of pyridine rings is 1. The minimum atomic E-state index is 0.864. The highest BCUT2D eigenvalue weighted by atomic mass is 32.2. The second kappa shape index (κ2) is 5.32. The van der Waals surface area contributed by atoms with E-state index in [1.807, 2.05) is 32.2 Å². The number of thioether (sulfide) groups is 1. The fourth-order valence-electron chi connectivity index (χ4n) is 1.23. The van der Waals surface area contributed by atoms with E-state index < -0.39 is 0 Å². The lowest BCUT2D eigenvalue weighted by molar-refractivity contribution is 1.14. The Hall–Kier alpha value is -1.07. The summed E-state index contributed by atoms with van der Waals surface area (Å²) in [6.07, 6.45) is 0. The lowest BCUT2D eigenvalue weighted by atomic mass is 10.4. The van der Waals surface area contributed by atoms with Crippen molar-refractivity contribution in [1.82, 2.24) is 9.97 Å². The van der Waals surface area contributed by atoms with Gasteiger partial charge in [-0.3, -0.25) is 0 Å². The molecule has 0 amide bonds. The fraction of sp³-hybridized carbons (Fsp3) is 0.273. The average molecular weight is 251 g/mol. The molecule has 0 spiro atoms. The van der Waals surface area contributed by atoms with Crippen molar-refractivity contribution < 1.29 is 0 Å². The van der Waals surface area contributed by atoms with Crippen molar-refractivity contribution in [3.8, 4) is 0 Å². The van der Waals surface area contributed by atoms with Crippen molar-refractivity contribution in [2.45, 2.75) is 17.0 Å². The molecular formula is C11H13N3S2. The fourth-order valence-corrected chi connectivity index (χ4v) is 2.99. The van der Waals surface area contributed by atoms with Crippen LogP contribution in [0.3, 0.4) is 0 Å². The van der Waals surface area contributed by atoms with E-state index in [9.17, 15) is 0 Å². The van der Waals surface area contributed by atoms with E-state index in [0.29, 0.717) is 0 Å². The van der Waals surface area contributed by atoms with Gasteiger partial charge in [-0.1, -0.05) is 17.8 Å². The van der Waals surface area contributed by atoms with Crippen LogP contribution in [-0.4, -0.2) is 17.0 Å². The topological polar surface area (TPSA) is 37.8 Å². The van der Waals surface area contributed by atoms with Crippen molar-refractivity contribution in [1.29, 1.82) is 0 Å². The molecule has 0 aliphatic heterocycles. The van der Waals surface area contributed by atoms with Crippen LogP contribution >= 0.6 is 23.1 Å². The van der Waals surface area contributed by atoms with Crippen LogP contribution in [0.25, 0.3) is 0 Å². The van der Waals surface area contributed by atoms with Gasteiger partial charge in [-0.25, -0.2) is 9.97 Å². The summed E-state index contributed by atoms with van der Waals surface area (Å²) >= 11 is 3.42. The molecule has 0 saturated carbocycles. The maximum atomic E-state index is 4.46. The number of thiazole rings is 1. The second-order valence-electron chi connectivity index (χ2n) is 3.31. The summed E-state index contributed by atoms with van der Waals surface area (Å²) in [5.41, 5.74) is 2.16. The largest absolute Gasteiger partial charge is 0.373 e. The third-order valence-corrected chi connectivity index (χ3v) is 4.18.